The zero-order valence-electron chi connectivity index (χ0n) is 20.6. The van der Waals surface area contributed by atoms with Gasteiger partial charge in [0.25, 0.3) is 0 Å². The van der Waals surface area contributed by atoms with Gasteiger partial charge in [-0.05, 0) is 80.5 Å². The number of nitrogens with zero attached hydrogens (tertiary/aromatic N) is 1. The van der Waals surface area contributed by atoms with Crippen molar-refractivity contribution in [2.75, 3.05) is 6.54 Å². The number of halogens is 5. The molecule has 12 heteroatoms. The average Bonchev–Trinajstić information content (AvgIpc) is 2.86. The molecule has 0 amide bonds. The summed E-state index contributed by atoms with van der Waals surface area (Å²) in [6, 6.07) is 4.85. The maximum absolute atomic E-state index is 15.3. The molecule has 2 aliphatic rings. The van der Waals surface area contributed by atoms with Gasteiger partial charge in [0.05, 0.1) is 15.7 Å². The first-order chi connectivity index (χ1) is 17.7. The van der Waals surface area contributed by atoms with E-state index in [-0.39, 0.29) is 38.6 Å². The molecule has 2 fully saturated rings. The summed E-state index contributed by atoms with van der Waals surface area (Å²) >= 11 is 0. The van der Waals surface area contributed by atoms with Crippen LogP contribution in [0.5, 0.6) is 0 Å². The van der Waals surface area contributed by atoms with Gasteiger partial charge in [0, 0.05) is 18.2 Å². The number of alkyl halides is 3. The number of benzene rings is 2. The maximum atomic E-state index is 15.3. The van der Waals surface area contributed by atoms with Crippen molar-refractivity contribution in [3.8, 4) is 0 Å². The van der Waals surface area contributed by atoms with Crippen molar-refractivity contribution < 1.29 is 38.8 Å². The normalized spacial score (nSPS) is 28.0. The highest BCUT2D eigenvalue weighted by atomic mass is 32.2. The number of sulfonamides is 1. The molecule has 38 heavy (non-hydrogen) atoms. The van der Waals surface area contributed by atoms with Gasteiger partial charge in [0.2, 0.25) is 10.0 Å². The van der Waals surface area contributed by atoms with Gasteiger partial charge in [-0.2, -0.15) is 17.5 Å². The molecule has 5 nitrogen and oxygen atoms in total. The molecule has 0 spiro atoms. The molecule has 0 N–H and O–H groups in total. The number of hydrogen-bond acceptors (Lipinski definition) is 4. The lowest BCUT2D eigenvalue weighted by Gasteiger charge is -2.51. The van der Waals surface area contributed by atoms with Crippen LogP contribution in [-0.2, 0) is 30.8 Å². The van der Waals surface area contributed by atoms with Crippen molar-refractivity contribution in [1.82, 2.24) is 4.31 Å². The van der Waals surface area contributed by atoms with Crippen LogP contribution in [0.4, 0.5) is 22.0 Å². The zero-order chi connectivity index (χ0) is 28.1. The third kappa shape index (κ3) is 4.68. The smallest absolute Gasteiger partial charge is 0.223 e. The summed E-state index contributed by atoms with van der Waals surface area (Å²) in [6.45, 7) is 5.36. The Kier molecular flexibility index (Phi) is 7.56. The molecule has 0 unspecified atom stereocenters. The number of rotatable bonds is 6. The van der Waals surface area contributed by atoms with Crippen molar-refractivity contribution in [1.29, 1.82) is 0 Å². The Labute approximate surface area is 219 Å². The van der Waals surface area contributed by atoms with Gasteiger partial charge in [-0.3, -0.25) is 0 Å². The third-order valence-electron chi connectivity index (χ3n) is 7.85. The summed E-state index contributed by atoms with van der Waals surface area (Å²) in [4.78, 5) is -0.453. The van der Waals surface area contributed by atoms with Crippen LogP contribution in [0, 0.1) is 17.6 Å². The molecule has 1 aliphatic heterocycles. The van der Waals surface area contributed by atoms with Gasteiger partial charge >= 0.3 is 6.18 Å². The molecule has 0 bridgehead atoms. The number of fused-ring (bicyclic) bond motifs is 1. The van der Waals surface area contributed by atoms with E-state index in [1.165, 1.54) is 10.4 Å². The van der Waals surface area contributed by atoms with E-state index >= 15 is 4.39 Å². The van der Waals surface area contributed by atoms with E-state index in [1.807, 2.05) is 0 Å². The van der Waals surface area contributed by atoms with E-state index in [0.717, 1.165) is 30.3 Å². The molecule has 1 aliphatic carbocycles. The molecule has 1 saturated heterocycles. The summed E-state index contributed by atoms with van der Waals surface area (Å²) in [5, 5.41) is -0.800. The van der Waals surface area contributed by atoms with Crippen molar-refractivity contribution in [2.24, 2.45) is 5.92 Å². The summed E-state index contributed by atoms with van der Waals surface area (Å²) < 4.78 is 123. The lowest BCUT2D eigenvalue weighted by molar-refractivity contribution is -0.137. The minimum Gasteiger partial charge on any atom is -0.223 e. The largest absolute Gasteiger partial charge is 0.416 e. The Balaban J connectivity index is 1.88. The predicted octanol–water partition coefficient (Wildman–Crippen LogP) is 5.82. The summed E-state index contributed by atoms with van der Waals surface area (Å²) in [5.41, 5.74) is -1.46. The highest BCUT2D eigenvalue weighted by Gasteiger charge is 2.57. The first kappa shape index (κ1) is 28.7. The summed E-state index contributed by atoms with van der Waals surface area (Å²) in [5.74, 6) is -2.35. The van der Waals surface area contributed by atoms with Crippen molar-refractivity contribution >= 4 is 19.9 Å². The minimum absolute atomic E-state index is 0.0208. The first-order valence-electron chi connectivity index (χ1n) is 12.2. The summed E-state index contributed by atoms with van der Waals surface area (Å²) in [6.07, 6.45) is -3.29. The van der Waals surface area contributed by atoms with Gasteiger partial charge in [0.1, 0.15) is 16.4 Å². The molecule has 0 aromatic heterocycles. The molecule has 2 aromatic rings. The number of hydrogen-bond donors (Lipinski definition) is 0. The fourth-order valence-electron chi connectivity index (χ4n) is 6.01. The van der Waals surface area contributed by atoms with E-state index in [4.69, 9.17) is 0 Å². The Morgan fingerprint density at radius 1 is 1.13 bits per heavy atom. The highest BCUT2D eigenvalue weighted by Crippen LogP contribution is 2.53. The summed E-state index contributed by atoms with van der Waals surface area (Å²) in [7, 11) is -8.27. The molecule has 2 aromatic carbocycles. The fourth-order valence-corrected chi connectivity index (χ4v) is 10.5. The van der Waals surface area contributed by atoms with Gasteiger partial charge < -0.3 is 0 Å². The Morgan fingerprint density at radius 3 is 2.37 bits per heavy atom. The van der Waals surface area contributed by atoms with Crippen LogP contribution in [0.2, 0.25) is 0 Å². The second kappa shape index (κ2) is 10.0. The lowest BCUT2D eigenvalue weighted by atomic mass is 9.72. The standard InChI is InChI=1S/C26H28F5NO4S2/c1-3-13-32-24-11-12-25(22-15-19(27)7-10-23(22)28,16-17(24)14-20(4-2)38(32,35)36)37(33,34)21-8-5-18(6-9-21)26(29,30)31/h3,5-10,15,17,20,24H,1,4,11-14,16H2,2H3/t17-,20+,24+,25-/m1/s1. The van der Waals surface area contributed by atoms with E-state index in [0.29, 0.717) is 12.1 Å². The third-order valence-corrected chi connectivity index (χ3v) is 12.8. The van der Waals surface area contributed by atoms with E-state index < -0.39 is 75.7 Å². The molecule has 4 rings (SSSR count). The van der Waals surface area contributed by atoms with Crippen molar-refractivity contribution in [2.45, 2.75) is 66.1 Å². The van der Waals surface area contributed by atoms with Gasteiger partial charge in [0.15, 0.2) is 9.84 Å². The van der Waals surface area contributed by atoms with Crippen LogP contribution >= 0.6 is 0 Å². The second-order valence-electron chi connectivity index (χ2n) is 9.88. The zero-order valence-corrected chi connectivity index (χ0v) is 22.2. The quantitative estimate of drug-likeness (QED) is 0.321. The van der Waals surface area contributed by atoms with Crippen molar-refractivity contribution in [3.63, 3.8) is 0 Å². The first-order valence-corrected chi connectivity index (χ1v) is 15.2. The van der Waals surface area contributed by atoms with E-state index in [2.05, 4.69) is 6.58 Å². The Bertz CT molecular complexity index is 1420. The monoisotopic (exact) mass is 577 g/mol. The molecule has 4 atom stereocenters. The molecule has 1 saturated carbocycles. The van der Waals surface area contributed by atoms with Crippen LogP contribution < -0.4 is 0 Å². The van der Waals surface area contributed by atoms with Gasteiger partial charge in [-0.15, -0.1) is 6.58 Å². The SMILES string of the molecule is C=CCN1[C@H]2CC[C@@](c3cc(F)ccc3F)(S(=O)(=O)c3ccc(C(F)(F)F)cc3)C[C@H]2C[C@H](CC)S1(=O)=O. The molecule has 0 radical (unpaired) electrons. The lowest BCUT2D eigenvalue weighted by Crippen LogP contribution is -2.58. The molecule has 208 valence electrons. The van der Waals surface area contributed by atoms with Crippen LogP contribution in [0.3, 0.4) is 0 Å². The maximum Gasteiger partial charge on any atom is 0.416 e. The van der Waals surface area contributed by atoms with Crippen LogP contribution in [-0.4, -0.2) is 39.0 Å². The van der Waals surface area contributed by atoms with E-state index in [9.17, 15) is 34.4 Å². The minimum atomic E-state index is -4.69. The van der Waals surface area contributed by atoms with Crippen LogP contribution in [0.25, 0.3) is 0 Å². The highest BCUT2D eigenvalue weighted by molar-refractivity contribution is 7.92. The fraction of sp³-hybridized carbons (Fsp3) is 0.462. The Morgan fingerprint density at radius 2 is 1.79 bits per heavy atom. The topological polar surface area (TPSA) is 71.5 Å². The van der Waals surface area contributed by atoms with E-state index in [1.54, 1.807) is 6.92 Å². The molecular formula is C26H28F5NO4S2. The second-order valence-corrected chi connectivity index (χ2v) is 14.3. The van der Waals surface area contributed by atoms with Gasteiger partial charge in [-0.25, -0.2) is 25.6 Å². The van der Waals surface area contributed by atoms with Crippen LogP contribution in [0.15, 0.2) is 60.0 Å². The average molecular weight is 578 g/mol. The predicted molar refractivity (Wildman–Crippen MR) is 132 cm³/mol. The Hall–Kier alpha value is -2.31. The van der Waals surface area contributed by atoms with Crippen molar-refractivity contribution in [3.05, 3.63) is 77.9 Å². The molecular weight excluding hydrogens is 549 g/mol. The van der Waals surface area contributed by atoms with Gasteiger partial charge in [-0.1, -0.05) is 13.0 Å². The number of sulfone groups is 1. The van der Waals surface area contributed by atoms with Crippen LogP contribution in [0.1, 0.15) is 50.2 Å². The molecule has 1 heterocycles.